The molecule has 3 heterocycles. The fraction of sp³-hybridized carbons (Fsp3) is 0.316. The van der Waals surface area contributed by atoms with Gasteiger partial charge in [-0.15, -0.1) is 0 Å². The molecular weight excluding hydrogens is 364 g/mol. The highest BCUT2D eigenvalue weighted by Crippen LogP contribution is 2.27. The minimum atomic E-state index is -2.98. The van der Waals surface area contributed by atoms with Gasteiger partial charge < -0.3 is 4.98 Å². The first kappa shape index (κ1) is 17.7. The zero-order valence-electron chi connectivity index (χ0n) is 15.1. The standard InChI is InChI=1S/C19H20N4O3S/c1-12-15(13(2)23(22-12)14-9-10-27(25,26)11-14)7-8-18-19(24)21-17-6-4-3-5-16(17)20-18/h3-8,14H,9-11H2,1-2H3,(H,21,24)/b8-7+/t14-/m0/s1. The number of hydrogen-bond donors (Lipinski definition) is 1. The number of H-pyrrole nitrogens is 1. The normalized spacial score (nSPS) is 19.3. The third kappa shape index (κ3) is 3.32. The summed E-state index contributed by atoms with van der Waals surface area (Å²) in [5.41, 5.74) is 4.06. The number of para-hydroxylation sites is 2. The van der Waals surface area contributed by atoms with E-state index >= 15 is 0 Å². The van der Waals surface area contributed by atoms with E-state index in [0.29, 0.717) is 17.6 Å². The molecule has 0 spiro atoms. The molecule has 0 saturated carbocycles. The van der Waals surface area contributed by atoms with Gasteiger partial charge in [-0.25, -0.2) is 13.4 Å². The van der Waals surface area contributed by atoms with Crippen molar-refractivity contribution in [3.8, 4) is 0 Å². The van der Waals surface area contributed by atoms with Crippen molar-refractivity contribution in [2.45, 2.75) is 26.3 Å². The summed E-state index contributed by atoms with van der Waals surface area (Å²) in [6.45, 7) is 3.80. The molecule has 1 fully saturated rings. The van der Waals surface area contributed by atoms with Crippen molar-refractivity contribution < 1.29 is 8.42 Å². The lowest BCUT2D eigenvalue weighted by Crippen LogP contribution is -2.14. The van der Waals surface area contributed by atoms with Crippen LogP contribution in [0.3, 0.4) is 0 Å². The molecule has 1 aliphatic rings. The van der Waals surface area contributed by atoms with Gasteiger partial charge in [-0.2, -0.15) is 5.10 Å². The van der Waals surface area contributed by atoms with E-state index in [1.54, 1.807) is 10.8 Å². The monoisotopic (exact) mass is 384 g/mol. The Hall–Kier alpha value is -2.74. The number of nitrogens with zero attached hydrogens (tertiary/aromatic N) is 3. The molecule has 0 radical (unpaired) electrons. The zero-order chi connectivity index (χ0) is 19.2. The zero-order valence-corrected chi connectivity index (χ0v) is 16.0. The van der Waals surface area contributed by atoms with Gasteiger partial charge in [-0.05, 0) is 44.6 Å². The highest BCUT2D eigenvalue weighted by Gasteiger charge is 2.31. The van der Waals surface area contributed by atoms with Crippen LogP contribution >= 0.6 is 0 Å². The van der Waals surface area contributed by atoms with Gasteiger partial charge in [0, 0.05) is 11.3 Å². The summed E-state index contributed by atoms with van der Waals surface area (Å²) in [7, 11) is -2.98. The van der Waals surface area contributed by atoms with Gasteiger partial charge in [0.2, 0.25) is 0 Å². The molecular formula is C19H20N4O3S. The molecule has 1 aliphatic heterocycles. The number of rotatable bonds is 3. The number of aryl methyl sites for hydroxylation is 1. The molecule has 1 aromatic carbocycles. The van der Waals surface area contributed by atoms with E-state index in [-0.39, 0.29) is 23.1 Å². The van der Waals surface area contributed by atoms with Crippen LogP contribution in [0, 0.1) is 13.8 Å². The fourth-order valence-electron chi connectivity index (χ4n) is 3.56. The second-order valence-corrected chi connectivity index (χ2v) is 9.12. The smallest absolute Gasteiger partial charge is 0.274 e. The number of aromatic amines is 1. The number of hydrogen-bond acceptors (Lipinski definition) is 5. The van der Waals surface area contributed by atoms with Crippen molar-refractivity contribution >= 4 is 33.0 Å². The lowest BCUT2D eigenvalue weighted by molar-refractivity contribution is 0.486. The largest absolute Gasteiger partial charge is 0.319 e. The summed E-state index contributed by atoms with van der Waals surface area (Å²) >= 11 is 0. The summed E-state index contributed by atoms with van der Waals surface area (Å²) in [5, 5.41) is 4.54. The van der Waals surface area contributed by atoms with Crippen LogP contribution in [-0.2, 0) is 9.84 Å². The van der Waals surface area contributed by atoms with E-state index in [0.717, 1.165) is 22.5 Å². The van der Waals surface area contributed by atoms with E-state index in [1.165, 1.54) is 0 Å². The third-order valence-electron chi connectivity index (χ3n) is 4.97. The second kappa shape index (κ2) is 6.45. The van der Waals surface area contributed by atoms with E-state index in [2.05, 4.69) is 15.1 Å². The predicted molar refractivity (Wildman–Crippen MR) is 105 cm³/mol. The summed E-state index contributed by atoms with van der Waals surface area (Å²) in [6, 6.07) is 7.25. The van der Waals surface area contributed by atoms with E-state index < -0.39 is 9.84 Å². The summed E-state index contributed by atoms with van der Waals surface area (Å²) in [4.78, 5) is 19.5. The number of aromatic nitrogens is 4. The molecule has 8 heteroatoms. The molecule has 0 bridgehead atoms. The first-order chi connectivity index (χ1) is 12.8. The topological polar surface area (TPSA) is 97.7 Å². The van der Waals surface area contributed by atoms with Crippen molar-refractivity contribution in [1.82, 2.24) is 19.7 Å². The van der Waals surface area contributed by atoms with Crippen LogP contribution < -0.4 is 5.56 Å². The number of fused-ring (bicyclic) bond motifs is 1. The molecule has 3 aromatic rings. The SMILES string of the molecule is Cc1nn([C@H]2CCS(=O)(=O)C2)c(C)c1/C=C/c1nc2ccccc2[nH]c1=O. The van der Waals surface area contributed by atoms with E-state index in [4.69, 9.17) is 0 Å². The van der Waals surface area contributed by atoms with Gasteiger partial charge in [-0.1, -0.05) is 12.1 Å². The van der Waals surface area contributed by atoms with Crippen molar-refractivity contribution in [3.63, 3.8) is 0 Å². The van der Waals surface area contributed by atoms with E-state index in [1.807, 2.05) is 44.2 Å². The van der Waals surface area contributed by atoms with Crippen LogP contribution in [0.5, 0.6) is 0 Å². The van der Waals surface area contributed by atoms with Gasteiger partial charge in [0.05, 0.1) is 34.3 Å². The van der Waals surface area contributed by atoms with Gasteiger partial charge in [0.1, 0.15) is 5.69 Å². The maximum Gasteiger partial charge on any atom is 0.274 e. The second-order valence-electron chi connectivity index (χ2n) is 6.89. The molecule has 7 nitrogen and oxygen atoms in total. The van der Waals surface area contributed by atoms with Crippen molar-refractivity contribution in [2.24, 2.45) is 0 Å². The van der Waals surface area contributed by atoms with E-state index in [9.17, 15) is 13.2 Å². The Kier molecular flexibility index (Phi) is 4.22. The molecule has 4 rings (SSSR count). The van der Waals surface area contributed by atoms with Gasteiger partial charge in [-0.3, -0.25) is 9.48 Å². The van der Waals surface area contributed by atoms with Gasteiger partial charge in [0.25, 0.3) is 5.56 Å². The van der Waals surface area contributed by atoms with Crippen molar-refractivity contribution in [1.29, 1.82) is 0 Å². The summed E-state index contributed by atoms with van der Waals surface area (Å²) in [5.74, 6) is 0.335. The van der Waals surface area contributed by atoms with Crippen molar-refractivity contribution in [2.75, 3.05) is 11.5 Å². The molecule has 0 amide bonds. The molecule has 0 aliphatic carbocycles. The molecule has 1 atom stereocenters. The van der Waals surface area contributed by atoms with Crippen LogP contribution in [0.1, 0.15) is 35.1 Å². The Morgan fingerprint density at radius 2 is 2.00 bits per heavy atom. The minimum absolute atomic E-state index is 0.127. The summed E-state index contributed by atoms with van der Waals surface area (Å²) in [6.07, 6.45) is 4.08. The third-order valence-corrected chi connectivity index (χ3v) is 6.72. The lowest BCUT2D eigenvalue weighted by Gasteiger charge is -2.10. The number of nitrogens with one attached hydrogen (secondary N) is 1. The van der Waals surface area contributed by atoms with Crippen LogP contribution in [-0.4, -0.2) is 39.7 Å². The quantitative estimate of drug-likeness (QED) is 0.747. The Morgan fingerprint density at radius 1 is 1.22 bits per heavy atom. The maximum absolute atomic E-state index is 12.3. The average molecular weight is 384 g/mol. The van der Waals surface area contributed by atoms with Gasteiger partial charge in [0.15, 0.2) is 9.84 Å². The molecule has 1 saturated heterocycles. The maximum atomic E-state index is 12.3. The Morgan fingerprint density at radius 3 is 2.74 bits per heavy atom. The first-order valence-electron chi connectivity index (χ1n) is 8.77. The fourth-order valence-corrected chi connectivity index (χ4v) is 5.25. The van der Waals surface area contributed by atoms with Crippen LogP contribution in [0.25, 0.3) is 23.2 Å². The summed E-state index contributed by atoms with van der Waals surface area (Å²) < 4.78 is 25.3. The van der Waals surface area contributed by atoms with Crippen LogP contribution in [0.4, 0.5) is 0 Å². The molecule has 27 heavy (non-hydrogen) atoms. The number of benzene rings is 1. The van der Waals surface area contributed by atoms with Crippen molar-refractivity contribution in [3.05, 3.63) is 57.3 Å². The Balaban J connectivity index is 1.69. The Bertz CT molecular complexity index is 1220. The number of sulfone groups is 1. The Labute approximate surface area is 156 Å². The predicted octanol–water partition coefficient (Wildman–Crippen LogP) is 2.27. The highest BCUT2D eigenvalue weighted by molar-refractivity contribution is 7.91. The average Bonchev–Trinajstić information content (AvgIpc) is 3.12. The molecule has 2 aromatic heterocycles. The molecule has 1 N–H and O–H groups in total. The van der Waals surface area contributed by atoms with Crippen LogP contribution in [0.15, 0.2) is 29.1 Å². The first-order valence-corrected chi connectivity index (χ1v) is 10.6. The molecule has 140 valence electrons. The van der Waals surface area contributed by atoms with Gasteiger partial charge >= 0.3 is 0 Å². The minimum Gasteiger partial charge on any atom is -0.319 e. The highest BCUT2D eigenvalue weighted by atomic mass is 32.2. The van der Waals surface area contributed by atoms with Crippen LogP contribution in [0.2, 0.25) is 0 Å². The lowest BCUT2D eigenvalue weighted by atomic mass is 10.1. The molecule has 0 unspecified atom stereocenters.